The van der Waals surface area contributed by atoms with Gasteiger partial charge >= 0.3 is 0 Å². The summed E-state index contributed by atoms with van der Waals surface area (Å²) < 4.78 is 5.28. The number of rotatable bonds is 1. The standard InChI is InChI=1S/C9H15NO/c1-9(2,3)6-8-4-5-10-7-11-8/h4-5,7-8H,6H2,1-3H3. The predicted octanol–water partition coefficient (Wildman–Crippen LogP) is 2.36. The minimum atomic E-state index is 0.215. The molecule has 62 valence electrons. The van der Waals surface area contributed by atoms with Crippen molar-refractivity contribution in [3.63, 3.8) is 0 Å². The Kier molecular flexibility index (Phi) is 2.32. The van der Waals surface area contributed by atoms with E-state index in [0.717, 1.165) is 6.42 Å². The third kappa shape index (κ3) is 3.21. The first kappa shape index (κ1) is 8.31. The number of hydrogen-bond acceptors (Lipinski definition) is 2. The second kappa shape index (κ2) is 3.07. The van der Waals surface area contributed by atoms with E-state index in [-0.39, 0.29) is 6.10 Å². The van der Waals surface area contributed by atoms with Crippen LogP contribution in [-0.2, 0) is 4.74 Å². The highest BCUT2D eigenvalue weighted by Gasteiger charge is 2.17. The van der Waals surface area contributed by atoms with Crippen LogP contribution in [0.15, 0.2) is 17.3 Å². The zero-order valence-electron chi connectivity index (χ0n) is 7.37. The lowest BCUT2D eigenvalue weighted by Crippen LogP contribution is -2.19. The van der Waals surface area contributed by atoms with Crippen LogP contribution in [-0.4, -0.2) is 12.5 Å². The van der Waals surface area contributed by atoms with Crippen molar-refractivity contribution in [2.45, 2.75) is 33.3 Å². The number of aliphatic imine (C=N–C) groups is 1. The van der Waals surface area contributed by atoms with E-state index < -0.39 is 0 Å². The van der Waals surface area contributed by atoms with Crippen molar-refractivity contribution in [1.29, 1.82) is 0 Å². The summed E-state index contributed by atoms with van der Waals surface area (Å²) >= 11 is 0. The quantitative estimate of drug-likeness (QED) is 0.566. The zero-order valence-corrected chi connectivity index (χ0v) is 7.37. The van der Waals surface area contributed by atoms with Gasteiger partial charge in [0.05, 0.1) is 0 Å². The number of ether oxygens (including phenoxy) is 1. The molecule has 2 nitrogen and oxygen atoms in total. The first-order valence-corrected chi connectivity index (χ1v) is 3.92. The second-order valence-corrected chi connectivity index (χ2v) is 4.04. The molecule has 0 spiro atoms. The molecule has 11 heavy (non-hydrogen) atoms. The highest BCUT2D eigenvalue weighted by Crippen LogP contribution is 2.23. The van der Waals surface area contributed by atoms with Gasteiger partial charge in [0.15, 0.2) is 6.40 Å². The Balaban J connectivity index is 2.39. The number of hydrogen-bond donors (Lipinski definition) is 0. The minimum Gasteiger partial charge on any atom is -0.476 e. The Hall–Kier alpha value is -0.790. The van der Waals surface area contributed by atoms with Crippen LogP contribution in [0.5, 0.6) is 0 Å². The van der Waals surface area contributed by atoms with E-state index in [0.29, 0.717) is 5.41 Å². The molecule has 0 amide bonds. The van der Waals surface area contributed by atoms with E-state index in [1.165, 1.54) is 6.40 Å². The Morgan fingerprint density at radius 1 is 1.45 bits per heavy atom. The molecular formula is C9H15NO. The molecule has 0 aromatic carbocycles. The topological polar surface area (TPSA) is 21.6 Å². The Morgan fingerprint density at radius 3 is 2.64 bits per heavy atom. The zero-order chi connectivity index (χ0) is 8.32. The summed E-state index contributed by atoms with van der Waals surface area (Å²) in [5, 5.41) is 0. The molecule has 1 aliphatic rings. The van der Waals surface area contributed by atoms with Gasteiger partial charge in [0, 0.05) is 6.20 Å². The minimum absolute atomic E-state index is 0.215. The fourth-order valence-electron chi connectivity index (χ4n) is 1.06. The van der Waals surface area contributed by atoms with Gasteiger partial charge in [0.1, 0.15) is 6.10 Å². The van der Waals surface area contributed by atoms with Crippen LogP contribution < -0.4 is 0 Å². The first-order valence-electron chi connectivity index (χ1n) is 3.92. The van der Waals surface area contributed by atoms with E-state index in [2.05, 4.69) is 25.8 Å². The van der Waals surface area contributed by atoms with Gasteiger partial charge in [0.25, 0.3) is 0 Å². The maximum atomic E-state index is 5.28. The van der Waals surface area contributed by atoms with Gasteiger partial charge in [0.2, 0.25) is 0 Å². The predicted molar refractivity (Wildman–Crippen MR) is 46.6 cm³/mol. The van der Waals surface area contributed by atoms with Gasteiger partial charge in [-0.15, -0.1) is 0 Å². The summed E-state index contributed by atoms with van der Waals surface area (Å²) in [6.07, 6.45) is 6.55. The summed E-state index contributed by atoms with van der Waals surface area (Å²) in [6.45, 7) is 6.61. The third-order valence-corrected chi connectivity index (χ3v) is 1.50. The molecule has 0 saturated carbocycles. The highest BCUT2D eigenvalue weighted by molar-refractivity contribution is 5.49. The molecule has 0 bridgehead atoms. The van der Waals surface area contributed by atoms with Crippen molar-refractivity contribution >= 4 is 6.40 Å². The van der Waals surface area contributed by atoms with E-state index in [4.69, 9.17) is 4.74 Å². The van der Waals surface area contributed by atoms with Crippen LogP contribution in [0.3, 0.4) is 0 Å². The maximum absolute atomic E-state index is 5.28. The molecule has 0 radical (unpaired) electrons. The fraction of sp³-hybridized carbons (Fsp3) is 0.667. The summed E-state index contributed by atoms with van der Waals surface area (Å²) in [6, 6.07) is 0. The van der Waals surface area contributed by atoms with Crippen molar-refractivity contribution in [2.24, 2.45) is 10.4 Å². The SMILES string of the molecule is CC(C)(C)CC1C=CN=CO1. The summed E-state index contributed by atoms with van der Waals surface area (Å²) in [4.78, 5) is 3.83. The molecule has 2 heteroatoms. The average molecular weight is 153 g/mol. The van der Waals surface area contributed by atoms with E-state index >= 15 is 0 Å². The van der Waals surface area contributed by atoms with Crippen molar-refractivity contribution in [3.05, 3.63) is 12.3 Å². The van der Waals surface area contributed by atoms with Crippen LogP contribution >= 0.6 is 0 Å². The Morgan fingerprint density at radius 2 is 2.18 bits per heavy atom. The molecule has 1 unspecified atom stereocenters. The van der Waals surface area contributed by atoms with Crippen LogP contribution in [0.1, 0.15) is 27.2 Å². The number of nitrogens with zero attached hydrogens (tertiary/aromatic N) is 1. The van der Waals surface area contributed by atoms with E-state index in [1.54, 1.807) is 6.20 Å². The second-order valence-electron chi connectivity index (χ2n) is 4.04. The van der Waals surface area contributed by atoms with Gasteiger partial charge < -0.3 is 4.74 Å². The van der Waals surface area contributed by atoms with Crippen LogP contribution in [0.4, 0.5) is 0 Å². The summed E-state index contributed by atoms with van der Waals surface area (Å²) in [5.74, 6) is 0. The highest BCUT2D eigenvalue weighted by atomic mass is 16.5. The lowest BCUT2D eigenvalue weighted by molar-refractivity contribution is 0.178. The average Bonchev–Trinajstić information content (AvgIpc) is 1.85. The molecular weight excluding hydrogens is 138 g/mol. The Bertz CT molecular complexity index is 176. The van der Waals surface area contributed by atoms with Crippen molar-refractivity contribution in [2.75, 3.05) is 0 Å². The van der Waals surface area contributed by atoms with Gasteiger partial charge in [-0.05, 0) is 17.9 Å². The maximum Gasteiger partial charge on any atom is 0.174 e. The molecule has 0 aromatic rings. The van der Waals surface area contributed by atoms with Crippen LogP contribution in [0.25, 0.3) is 0 Å². The normalized spacial score (nSPS) is 23.4. The lowest BCUT2D eigenvalue weighted by atomic mass is 9.89. The smallest absolute Gasteiger partial charge is 0.174 e. The first-order chi connectivity index (χ1) is 5.08. The van der Waals surface area contributed by atoms with E-state index in [9.17, 15) is 0 Å². The lowest BCUT2D eigenvalue weighted by Gasteiger charge is -2.23. The third-order valence-electron chi connectivity index (χ3n) is 1.50. The fourth-order valence-corrected chi connectivity index (χ4v) is 1.06. The van der Waals surface area contributed by atoms with Crippen molar-refractivity contribution in [3.8, 4) is 0 Å². The monoisotopic (exact) mass is 153 g/mol. The van der Waals surface area contributed by atoms with E-state index in [1.807, 2.05) is 6.08 Å². The van der Waals surface area contributed by atoms with Gasteiger partial charge in [-0.3, -0.25) is 0 Å². The molecule has 0 N–H and O–H groups in total. The molecule has 0 aromatic heterocycles. The molecule has 0 aliphatic carbocycles. The van der Waals surface area contributed by atoms with Gasteiger partial charge in [-0.2, -0.15) is 0 Å². The van der Waals surface area contributed by atoms with Crippen molar-refractivity contribution < 1.29 is 4.74 Å². The largest absolute Gasteiger partial charge is 0.476 e. The van der Waals surface area contributed by atoms with Crippen molar-refractivity contribution in [1.82, 2.24) is 0 Å². The molecule has 1 atom stereocenters. The van der Waals surface area contributed by atoms with Gasteiger partial charge in [-0.25, -0.2) is 4.99 Å². The molecule has 0 fully saturated rings. The molecule has 1 heterocycles. The van der Waals surface area contributed by atoms with Crippen LogP contribution in [0.2, 0.25) is 0 Å². The molecule has 1 aliphatic heterocycles. The van der Waals surface area contributed by atoms with Gasteiger partial charge in [-0.1, -0.05) is 20.8 Å². The summed E-state index contributed by atoms with van der Waals surface area (Å²) in [7, 11) is 0. The molecule has 0 saturated heterocycles. The Labute approximate surface area is 68.0 Å². The molecule has 1 rings (SSSR count). The van der Waals surface area contributed by atoms with Crippen LogP contribution in [0, 0.1) is 5.41 Å². The summed E-state index contributed by atoms with van der Waals surface area (Å²) in [5.41, 5.74) is 0.320.